The molecule has 0 bridgehead atoms. The Morgan fingerprint density at radius 1 is 1.19 bits per heavy atom. The molecule has 1 aliphatic carbocycles. The lowest BCUT2D eigenvalue weighted by molar-refractivity contribution is -0.145. The number of rotatable bonds is 6. The molecule has 1 heterocycles. The molecule has 2 aliphatic rings. The summed E-state index contributed by atoms with van der Waals surface area (Å²) < 4.78 is 5.49. The zero-order valence-electron chi connectivity index (χ0n) is 18.9. The van der Waals surface area contributed by atoms with Crippen LogP contribution in [0.3, 0.4) is 0 Å². The van der Waals surface area contributed by atoms with Crippen molar-refractivity contribution in [2.45, 2.75) is 96.1 Å². The molecule has 1 aliphatic heterocycles. The Kier molecular flexibility index (Phi) is 11.6. The Balaban J connectivity index is 2.06. The maximum Gasteiger partial charge on any atom is 0.305 e. The van der Waals surface area contributed by atoms with E-state index in [2.05, 4.69) is 10.6 Å². The molecule has 0 aromatic carbocycles. The standard InChI is InChI=1S/C24H40N2O5/c1-18(16-27)25-22(28)15-20-12-8-3-2-4-9-13-23(29)31-17-21(26-24(20)30)14-19-10-6-5-7-11-19/h3,8,18-21,27H,2,4-7,9-17H2,1H3,(H,25,28)(H,26,30)/t18-,20+,21-/m0/s1. The maximum atomic E-state index is 13.1. The topological polar surface area (TPSA) is 105 Å². The lowest BCUT2D eigenvalue weighted by Crippen LogP contribution is -2.45. The van der Waals surface area contributed by atoms with Gasteiger partial charge < -0.3 is 20.5 Å². The first kappa shape index (κ1) is 25.4. The van der Waals surface area contributed by atoms with Gasteiger partial charge in [0.1, 0.15) is 6.61 Å². The molecule has 0 unspecified atom stereocenters. The van der Waals surface area contributed by atoms with Crippen molar-refractivity contribution in [1.29, 1.82) is 0 Å². The minimum atomic E-state index is -0.491. The van der Waals surface area contributed by atoms with E-state index < -0.39 is 5.92 Å². The largest absolute Gasteiger partial charge is 0.463 e. The van der Waals surface area contributed by atoms with Crippen LogP contribution in [0.15, 0.2) is 12.2 Å². The van der Waals surface area contributed by atoms with Crippen LogP contribution in [0.25, 0.3) is 0 Å². The molecule has 0 spiro atoms. The number of ether oxygens (including phenoxy) is 1. The molecule has 2 rings (SSSR count). The van der Waals surface area contributed by atoms with Crippen LogP contribution in [-0.4, -0.2) is 48.2 Å². The summed E-state index contributed by atoms with van der Waals surface area (Å²) in [5, 5.41) is 15.0. The van der Waals surface area contributed by atoms with Crippen LogP contribution in [0.2, 0.25) is 0 Å². The molecule has 7 nitrogen and oxygen atoms in total. The van der Waals surface area contributed by atoms with E-state index in [1.54, 1.807) is 6.92 Å². The summed E-state index contributed by atoms with van der Waals surface area (Å²) in [6.45, 7) is 1.77. The third-order valence-electron chi connectivity index (χ3n) is 6.21. The summed E-state index contributed by atoms with van der Waals surface area (Å²) in [4.78, 5) is 37.5. The summed E-state index contributed by atoms with van der Waals surface area (Å²) in [6, 6.07) is -0.573. The third-order valence-corrected chi connectivity index (χ3v) is 6.21. The Morgan fingerprint density at radius 2 is 1.97 bits per heavy atom. The van der Waals surface area contributed by atoms with Gasteiger partial charge in [-0.05, 0) is 44.9 Å². The van der Waals surface area contributed by atoms with Gasteiger partial charge >= 0.3 is 5.97 Å². The smallest absolute Gasteiger partial charge is 0.305 e. The second-order valence-electron chi connectivity index (χ2n) is 9.13. The molecule has 0 aromatic rings. The number of hydrogen-bond acceptors (Lipinski definition) is 5. The van der Waals surface area contributed by atoms with E-state index in [0.717, 1.165) is 38.5 Å². The molecule has 3 atom stereocenters. The first-order chi connectivity index (χ1) is 15.0. The number of aliphatic hydroxyl groups excluding tert-OH is 1. The van der Waals surface area contributed by atoms with E-state index in [4.69, 9.17) is 9.84 Å². The number of esters is 1. The average Bonchev–Trinajstić information content (AvgIpc) is 2.75. The summed E-state index contributed by atoms with van der Waals surface area (Å²) in [5.74, 6) is -0.590. The van der Waals surface area contributed by atoms with Crippen LogP contribution >= 0.6 is 0 Å². The van der Waals surface area contributed by atoms with Crippen LogP contribution in [-0.2, 0) is 19.1 Å². The molecule has 0 aromatic heterocycles. The molecule has 176 valence electrons. The number of amides is 2. The summed E-state index contributed by atoms with van der Waals surface area (Å²) >= 11 is 0. The molecular formula is C24H40N2O5. The zero-order valence-corrected chi connectivity index (χ0v) is 18.9. The van der Waals surface area contributed by atoms with Crippen LogP contribution < -0.4 is 10.6 Å². The predicted octanol–water partition coefficient (Wildman–Crippen LogP) is 3.01. The number of carbonyl (C=O) groups is 3. The number of aliphatic hydroxyl groups is 1. The zero-order chi connectivity index (χ0) is 22.5. The van der Waals surface area contributed by atoms with Crippen LogP contribution in [0.1, 0.15) is 84.0 Å². The van der Waals surface area contributed by atoms with Crippen LogP contribution in [0.4, 0.5) is 0 Å². The number of allylic oxidation sites excluding steroid dienone is 2. The quantitative estimate of drug-likeness (QED) is 0.439. The van der Waals surface area contributed by atoms with E-state index in [0.29, 0.717) is 18.8 Å². The van der Waals surface area contributed by atoms with Gasteiger partial charge in [-0.1, -0.05) is 44.3 Å². The highest BCUT2D eigenvalue weighted by Gasteiger charge is 2.27. The number of nitrogens with one attached hydrogen (secondary N) is 2. The number of carbonyl (C=O) groups excluding carboxylic acids is 3. The van der Waals surface area contributed by atoms with Crippen molar-refractivity contribution in [3.05, 3.63) is 12.2 Å². The first-order valence-electron chi connectivity index (χ1n) is 12.0. The highest BCUT2D eigenvalue weighted by atomic mass is 16.5. The van der Waals surface area contributed by atoms with Crippen molar-refractivity contribution in [1.82, 2.24) is 10.6 Å². The SMILES string of the molecule is C[C@@H](CO)NC(=O)C[C@H]1CC=CCCCCC(=O)OC[C@H](CC2CCCCC2)NC1=O. The van der Waals surface area contributed by atoms with E-state index in [-0.39, 0.29) is 49.5 Å². The van der Waals surface area contributed by atoms with Gasteiger partial charge in [-0.15, -0.1) is 0 Å². The van der Waals surface area contributed by atoms with Crippen LogP contribution in [0, 0.1) is 11.8 Å². The van der Waals surface area contributed by atoms with Crippen molar-refractivity contribution in [2.75, 3.05) is 13.2 Å². The first-order valence-corrected chi connectivity index (χ1v) is 12.0. The fraction of sp³-hybridized carbons (Fsp3) is 0.792. The maximum absolute atomic E-state index is 13.1. The van der Waals surface area contributed by atoms with Gasteiger partial charge in [0.05, 0.1) is 18.6 Å². The fourth-order valence-electron chi connectivity index (χ4n) is 4.37. The highest BCUT2D eigenvalue weighted by Crippen LogP contribution is 2.27. The molecule has 31 heavy (non-hydrogen) atoms. The van der Waals surface area contributed by atoms with E-state index >= 15 is 0 Å². The van der Waals surface area contributed by atoms with Gasteiger partial charge in [-0.2, -0.15) is 0 Å². The normalized spacial score (nSPS) is 25.7. The highest BCUT2D eigenvalue weighted by molar-refractivity contribution is 5.86. The van der Waals surface area contributed by atoms with Gasteiger partial charge in [0.15, 0.2) is 0 Å². The fourth-order valence-corrected chi connectivity index (χ4v) is 4.37. The van der Waals surface area contributed by atoms with Gasteiger partial charge in [-0.3, -0.25) is 14.4 Å². The van der Waals surface area contributed by atoms with Gasteiger partial charge in [0.2, 0.25) is 11.8 Å². The Hall–Kier alpha value is -1.89. The molecule has 3 N–H and O–H groups in total. The molecule has 2 amide bonds. The second kappa shape index (κ2) is 14.2. The number of cyclic esters (lactones) is 1. The molecular weight excluding hydrogens is 396 g/mol. The van der Waals surface area contributed by atoms with Crippen molar-refractivity contribution >= 4 is 17.8 Å². The average molecular weight is 437 g/mol. The molecule has 1 saturated carbocycles. The van der Waals surface area contributed by atoms with Gasteiger partial charge in [0.25, 0.3) is 0 Å². The van der Waals surface area contributed by atoms with Crippen molar-refractivity contribution in [3.63, 3.8) is 0 Å². The minimum Gasteiger partial charge on any atom is -0.463 e. The monoisotopic (exact) mass is 436 g/mol. The molecule has 7 heteroatoms. The molecule has 0 saturated heterocycles. The van der Waals surface area contributed by atoms with Crippen molar-refractivity contribution in [2.24, 2.45) is 11.8 Å². The molecule has 1 fully saturated rings. The van der Waals surface area contributed by atoms with Crippen LogP contribution in [0.5, 0.6) is 0 Å². The minimum absolute atomic E-state index is 0.0659. The lowest BCUT2D eigenvalue weighted by atomic mass is 9.84. The lowest BCUT2D eigenvalue weighted by Gasteiger charge is -2.28. The van der Waals surface area contributed by atoms with E-state index in [9.17, 15) is 14.4 Å². The van der Waals surface area contributed by atoms with E-state index in [1.165, 1.54) is 19.3 Å². The molecule has 0 radical (unpaired) electrons. The third kappa shape index (κ3) is 10.3. The number of hydrogen-bond donors (Lipinski definition) is 3. The second-order valence-corrected chi connectivity index (χ2v) is 9.13. The Labute approximate surface area is 186 Å². The van der Waals surface area contributed by atoms with Gasteiger partial charge in [0, 0.05) is 18.9 Å². The van der Waals surface area contributed by atoms with E-state index in [1.807, 2.05) is 12.2 Å². The van der Waals surface area contributed by atoms with Gasteiger partial charge in [-0.25, -0.2) is 0 Å². The summed E-state index contributed by atoms with van der Waals surface area (Å²) in [6.07, 6.45) is 14.2. The summed E-state index contributed by atoms with van der Waals surface area (Å²) in [5.41, 5.74) is 0. The van der Waals surface area contributed by atoms with Crippen molar-refractivity contribution < 1.29 is 24.2 Å². The Morgan fingerprint density at radius 3 is 2.71 bits per heavy atom. The predicted molar refractivity (Wildman–Crippen MR) is 119 cm³/mol. The Bertz CT molecular complexity index is 601. The van der Waals surface area contributed by atoms with Crippen molar-refractivity contribution in [3.8, 4) is 0 Å². The summed E-state index contributed by atoms with van der Waals surface area (Å²) in [7, 11) is 0.